The van der Waals surface area contributed by atoms with E-state index in [0.717, 1.165) is 12.8 Å². The van der Waals surface area contributed by atoms with Gasteiger partial charge in [-0.15, -0.1) is 0 Å². The standard InChI is InChI=1S/C7H16N2O2/c1-4-5-6-8-9-7(2,3)11-10/h10H,4-6H2,1-3H3. The van der Waals surface area contributed by atoms with E-state index in [1.165, 1.54) is 0 Å². The van der Waals surface area contributed by atoms with Crippen molar-refractivity contribution in [3.8, 4) is 0 Å². The zero-order chi connectivity index (χ0) is 8.74. The molecule has 0 aromatic carbocycles. The van der Waals surface area contributed by atoms with Gasteiger partial charge in [0.15, 0.2) is 0 Å². The number of nitrogens with zero attached hydrogens (tertiary/aromatic N) is 2. The number of rotatable bonds is 5. The van der Waals surface area contributed by atoms with Crippen LogP contribution in [0.2, 0.25) is 0 Å². The maximum atomic E-state index is 8.30. The summed E-state index contributed by atoms with van der Waals surface area (Å²) in [5, 5.41) is 15.9. The molecule has 0 fully saturated rings. The lowest BCUT2D eigenvalue weighted by molar-refractivity contribution is -0.311. The summed E-state index contributed by atoms with van der Waals surface area (Å²) >= 11 is 0. The molecule has 4 heteroatoms. The Morgan fingerprint density at radius 1 is 1.45 bits per heavy atom. The van der Waals surface area contributed by atoms with E-state index >= 15 is 0 Å². The minimum Gasteiger partial charge on any atom is -0.249 e. The maximum Gasteiger partial charge on any atom is 0.206 e. The first kappa shape index (κ1) is 10.5. The van der Waals surface area contributed by atoms with Gasteiger partial charge in [-0.25, -0.2) is 10.1 Å². The topological polar surface area (TPSA) is 54.2 Å². The summed E-state index contributed by atoms with van der Waals surface area (Å²) < 4.78 is 0. The molecule has 0 heterocycles. The summed E-state index contributed by atoms with van der Waals surface area (Å²) in [6.07, 6.45) is 2.12. The van der Waals surface area contributed by atoms with Gasteiger partial charge in [0.05, 0.1) is 6.54 Å². The molecule has 0 saturated heterocycles. The molecule has 0 aliphatic heterocycles. The lowest BCUT2D eigenvalue weighted by Crippen LogP contribution is -2.18. The van der Waals surface area contributed by atoms with Crippen molar-refractivity contribution >= 4 is 0 Å². The molecular formula is C7H16N2O2. The van der Waals surface area contributed by atoms with Crippen LogP contribution in [0.15, 0.2) is 10.2 Å². The first-order valence-corrected chi connectivity index (χ1v) is 3.83. The average Bonchev–Trinajstić information content (AvgIpc) is 1.99. The molecule has 0 saturated carbocycles. The number of unbranched alkanes of at least 4 members (excludes halogenated alkanes) is 1. The monoisotopic (exact) mass is 160 g/mol. The van der Waals surface area contributed by atoms with Crippen LogP contribution in [0.1, 0.15) is 33.6 Å². The molecule has 0 unspecified atom stereocenters. The second-order valence-electron chi connectivity index (χ2n) is 2.86. The molecule has 0 atom stereocenters. The Balaban J connectivity index is 3.55. The highest BCUT2D eigenvalue weighted by atomic mass is 17.1. The fraction of sp³-hybridized carbons (Fsp3) is 1.00. The quantitative estimate of drug-likeness (QED) is 0.290. The molecule has 0 radical (unpaired) electrons. The van der Waals surface area contributed by atoms with Gasteiger partial charge in [-0.3, -0.25) is 0 Å². The predicted molar refractivity (Wildman–Crippen MR) is 42.4 cm³/mol. The third-order valence-corrected chi connectivity index (χ3v) is 1.15. The molecule has 0 aromatic heterocycles. The Hall–Kier alpha value is -0.480. The van der Waals surface area contributed by atoms with Crippen LogP contribution in [0.3, 0.4) is 0 Å². The van der Waals surface area contributed by atoms with Crippen LogP contribution >= 0.6 is 0 Å². The highest BCUT2D eigenvalue weighted by Gasteiger charge is 2.15. The van der Waals surface area contributed by atoms with Crippen molar-refractivity contribution in [1.29, 1.82) is 0 Å². The van der Waals surface area contributed by atoms with E-state index in [1.807, 2.05) is 0 Å². The van der Waals surface area contributed by atoms with Crippen molar-refractivity contribution in [3.63, 3.8) is 0 Å². The molecule has 0 amide bonds. The van der Waals surface area contributed by atoms with Crippen LogP contribution in [0.25, 0.3) is 0 Å². The molecule has 0 bridgehead atoms. The molecule has 66 valence electrons. The maximum absolute atomic E-state index is 8.30. The Morgan fingerprint density at radius 2 is 2.09 bits per heavy atom. The Labute approximate surface area is 67.2 Å². The van der Waals surface area contributed by atoms with E-state index in [0.29, 0.717) is 6.54 Å². The van der Waals surface area contributed by atoms with Gasteiger partial charge >= 0.3 is 0 Å². The summed E-state index contributed by atoms with van der Waals surface area (Å²) in [6.45, 7) is 6.07. The largest absolute Gasteiger partial charge is 0.249 e. The molecular weight excluding hydrogens is 144 g/mol. The summed E-state index contributed by atoms with van der Waals surface area (Å²) in [5.41, 5.74) is -0.895. The van der Waals surface area contributed by atoms with Crippen LogP contribution < -0.4 is 0 Å². The Morgan fingerprint density at radius 3 is 2.55 bits per heavy atom. The van der Waals surface area contributed by atoms with Crippen LogP contribution in [0.5, 0.6) is 0 Å². The number of hydrogen-bond donors (Lipinski definition) is 1. The fourth-order valence-corrected chi connectivity index (χ4v) is 0.467. The molecule has 0 aromatic rings. The Kier molecular flexibility index (Phi) is 4.98. The van der Waals surface area contributed by atoms with E-state index in [2.05, 4.69) is 22.0 Å². The van der Waals surface area contributed by atoms with Crippen LogP contribution in [0.4, 0.5) is 0 Å². The van der Waals surface area contributed by atoms with Gasteiger partial charge < -0.3 is 0 Å². The Bertz CT molecular complexity index is 124. The van der Waals surface area contributed by atoms with E-state index in [-0.39, 0.29) is 0 Å². The van der Waals surface area contributed by atoms with Crippen LogP contribution in [-0.4, -0.2) is 17.5 Å². The first-order chi connectivity index (χ1) is 5.12. The highest BCUT2D eigenvalue weighted by molar-refractivity contribution is 4.58. The van der Waals surface area contributed by atoms with Gasteiger partial charge in [0.25, 0.3) is 0 Å². The van der Waals surface area contributed by atoms with Crippen molar-refractivity contribution in [2.75, 3.05) is 6.54 Å². The molecule has 0 rings (SSSR count). The third-order valence-electron chi connectivity index (χ3n) is 1.15. The van der Waals surface area contributed by atoms with Gasteiger partial charge in [0.1, 0.15) is 0 Å². The molecule has 1 N–H and O–H groups in total. The minimum atomic E-state index is -0.895. The van der Waals surface area contributed by atoms with Crippen molar-refractivity contribution in [2.24, 2.45) is 10.2 Å². The van der Waals surface area contributed by atoms with Crippen molar-refractivity contribution in [3.05, 3.63) is 0 Å². The van der Waals surface area contributed by atoms with Gasteiger partial charge in [-0.2, -0.15) is 10.2 Å². The van der Waals surface area contributed by atoms with Crippen LogP contribution in [0, 0.1) is 0 Å². The second-order valence-corrected chi connectivity index (χ2v) is 2.86. The molecule has 0 spiro atoms. The van der Waals surface area contributed by atoms with E-state index in [1.54, 1.807) is 13.8 Å². The van der Waals surface area contributed by atoms with Crippen molar-refractivity contribution < 1.29 is 10.1 Å². The van der Waals surface area contributed by atoms with Crippen molar-refractivity contribution in [2.45, 2.75) is 39.3 Å². The van der Waals surface area contributed by atoms with Gasteiger partial charge in [-0.1, -0.05) is 13.3 Å². The van der Waals surface area contributed by atoms with Gasteiger partial charge in [0, 0.05) is 0 Å². The normalized spacial score (nSPS) is 12.7. The first-order valence-electron chi connectivity index (χ1n) is 3.83. The van der Waals surface area contributed by atoms with E-state index < -0.39 is 5.72 Å². The summed E-state index contributed by atoms with van der Waals surface area (Å²) in [7, 11) is 0. The minimum absolute atomic E-state index is 0.698. The average molecular weight is 160 g/mol. The van der Waals surface area contributed by atoms with Gasteiger partial charge in [-0.05, 0) is 20.3 Å². The lowest BCUT2D eigenvalue weighted by Gasteiger charge is -2.11. The molecule has 0 aliphatic carbocycles. The number of hydrogen-bond acceptors (Lipinski definition) is 4. The zero-order valence-corrected chi connectivity index (χ0v) is 7.37. The van der Waals surface area contributed by atoms with Crippen molar-refractivity contribution in [1.82, 2.24) is 0 Å². The molecule has 0 aliphatic rings. The summed E-state index contributed by atoms with van der Waals surface area (Å²) in [4.78, 5) is 4.06. The lowest BCUT2D eigenvalue weighted by atomic mass is 10.3. The van der Waals surface area contributed by atoms with Crippen LogP contribution in [-0.2, 0) is 4.89 Å². The van der Waals surface area contributed by atoms with E-state index in [9.17, 15) is 0 Å². The molecule has 11 heavy (non-hydrogen) atoms. The predicted octanol–water partition coefficient (Wildman–Crippen LogP) is 2.46. The third kappa shape index (κ3) is 5.94. The smallest absolute Gasteiger partial charge is 0.206 e. The number of azo groups is 1. The molecule has 4 nitrogen and oxygen atoms in total. The second kappa shape index (κ2) is 5.21. The SMILES string of the molecule is CCCCN=NC(C)(C)OO. The fourth-order valence-electron chi connectivity index (χ4n) is 0.467. The van der Waals surface area contributed by atoms with Gasteiger partial charge in [0.2, 0.25) is 5.72 Å². The summed E-state index contributed by atoms with van der Waals surface area (Å²) in [6, 6.07) is 0. The zero-order valence-electron chi connectivity index (χ0n) is 7.37. The van der Waals surface area contributed by atoms with E-state index in [4.69, 9.17) is 5.26 Å². The highest BCUT2D eigenvalue weighted by Crippen LogP contribution is 2.09. The summed E-state index contributed by atoms with van der Waals surface area (Å²) in [5.74, 6) is 0.